The van der Waals surface area contributed by atoms with Crippen molar-refractivity contribution >= 4 is 22.9 Å². The van der Waals surface area contributed by atoms with Gasteiger partial charge in [-0.1, -0.05) is 48.0 Å². The van der Waals surface area contributed by atoms with Crippen LogP contribution < -0.4 is 5.32 Å². The molecule has 0 saturated heterocycles. The number of hydrogen-bond donors (Lipinski definition) is 1. The van der Waals surface area contributed by atoms with Crippen molar-refractivity contribution in [2.24, 2.45) is 0 Å². The number of alkyl halides is 3. The third kappa shape index (κ3) is 5.43. The summed E-state index contributed by atoms with van der Waals surface area (Å²) in [7, 11) is -1.57. The Balaban J connectivity index is 2.37. The van der Waals surface area contributed by atoms with E-state index in [9.17, 15) is 27.0 Å². The van der Waals surface area contributed by atoms with Crippen molar-refractivity contribution in [1.29, 1.82) is 0 Å². The Hall–Kier alpha value is -2.88. The Bertz CT molecular complexity index is 934. The predicted octanol–water partition coefficient (Wildman–Crippen LogP) is 3.89. The highest BCUT2D eigenvalue weighted by Gasteiger charge is 2.67. The molecule has 10 heteroatoms. The van der Waals surface area contributed by atoms with Crippen molar-refractivity contribution in [1.82, 2.24) is 5.32 Å². The van der Waals surface area contributed by atoms with Crippen molar-refractivity contribution in [3.63, 3.8) is 0 Å². The Kier molecular flexibility index (Phi) is 7.83. The average molecular weight is 457 g/mol. The van der Waals surface area contributed by atoms with Gasteiger partial charge in [0.2, 0.25) is 0 Å². The first-order chi connectivity index (χ1) is 14.5. The van der Waals surface area contributed by atoms with Crippen LogP contribution in [0, 0.1) is 6.92 Å². The van der Waals surface area contributed by atoms with E-state index in [1.54, 1.807) is 54.7 Å². The molecule has 0 saturated carbocycles. The highest BCUT2D eigenvalue weighted by Crippen LogP contribution is 2.38. The molecule has 0 aliphatic carbocycles. The van der Waals surface area contributed by atoms with E-state index in [2.05, 4.69) is 4.74 Å². The molecule has 2 aromatic carbocycles. The molecule has 31 heavy (non-hydrogen) atoms. The van der Waals surface area contributed by atoms with Crippen LogP contribution in [0.1, 0.15) is 18.1 Å². The van der Waals surface area contributed by atoms with Crippen LogP contribution in [0.4, 0.5) is 18.0 Å². The molecule has 3 atom stereocenters. The maximum atomic E-state index is 14.2. The van der Waals surface area contributed by atoms with E-state index in [0.29, 0.717) is 5.56 Å². The van der Waals surface area contributed by atoms with E-state index in [-0.39, 0.29) is 11.5 Å². The van der Waals surface area contributed by atoms with E-state index < -0.39 is 39.8 Å². The van der Waals surface area contributed by atoms with Gasteiger partial charge < -0.3 is 9.47 Å². The normalized spacial score (nSPS) is 15.3. The number of nitrogens with one attached hydrogen (secondary N) is 1. The van der Waals surface area contributed by atoms with Gasteiger partial charge in [-0.2, -0.15) is 13.2 Å². The smallest absolute Gasteiger partial charge is 0.423 e. The van der Waals surface area contributed by atoms with Crippen molar-refractivity contribution < 1.29 is 36.4 Å². The second-order valence-electron chi connectivity index (χ2n) is 6.74. The summed E-state index contributed by atoms with van der Waals surface area (Å²) in [6.45, 7) is 2.39. The molecule has 0 aliphatic rings. The summed E-state index contributed by atoms with van der Waals surface area (Å²) in [5.41, 5.74) is -2.25. The van der Waals surface area contributed by atoms with Crippen LogP contribution in [0.25, 0.3) is 0 Å². The molecule has 0 unspecified atom stereocenters. The number of ether oxygens (including phenoxy) is 2. The molecule has 0 spiro atoms. The predicted molar refractivity (Wildman–Crippen MR) is 108 cm³/mol. The molecule has 2 rings (SSSR count). The number of amides is 1. The number of aryl methyl sites for hydroxylation is 1. The van der Waals surface area contributed by atoms with E-state index in [0.717, 1.165) is 19.6 Å². The third-order valence-electron chi connectivity index (χ3n) is 4.65. The first-order valence-corrected chi connectivity index (χ1v) is 10.4. The number of carbonyl (C=O) groups excluding carboxylic acids is 2. The Labute approximate surface area is 180 Å². The summed E-state index contributed by atoms with van der Waals surface area (Å²) in [5.74, 6) is -1.80. The van der Waals surface area contributed by atoms with Crippen LogP contribution in [0.5, 0.6) is 0 Å². The number of esters is 1. The number of hydrogen-bond acceptors (Lipinski definition) is 5. The summed E-state index contributed by atoms with van der Waals surface area (Å²) in [6.07, 6.45) is -6.83. The molecule has 0 heterocycles. The van der Waals surface area contributed by atoms with Gasteiger partial charge in [0, 0.05) is 4.90 Å². The van der Waals surface area contributed by atoms with Crippen LogP contribution >= 0.6 is 0 Å². The van der Waals surface area contributed by atoms with E-state index in [1.165, 1.54) is 12.1 Å². The Morgan fingerprint density at radius 1 is 1.06 bits per heavy atom. The molecule has 0 bridgehead atoms. The number of halogens is 3. The molecule has 0 aliphatic heterocycles. The lowest BCUT2D eigenvalue weighted by atomic mass is 9.95. The van der Waals surface area contributed by atoms with Crippen LogP contribution in [-0.2, 0) is 31.7 Å². The lowest BCUT2D eigenvalue weighted by Crippen LogP contribution is -2.70. The first kappa shape index (κ1) is 24.4. The molecule has 0 radical (unpaired) electrons. The van der Waals surface area contributed by atoms with Gasteiger partial charge >= 0.3 is 18.2 Å². The zero-order valence-corrected chi connectivity index (χ0v) is 17.9. The van der Waals surface area contributed by atoms with Gasteiger partial charge in [-0.05, 0) is 31.5 Å². The number of benzene rings is 2. The molecular weight excluding hydrogens is 435 g/mol. The number of alkyl carbamates (subject to hydrolysis) is 1. The minimum absolute atomic E-state index is 0.0649. The molecule has 1 N–H and O–H groups in total. The maximum Gasteiger partial charge on any atom is 0.423 e. The number of rotatable bonds is 7. The molecule has 168 valence electrons. The molecule has 2 aromatic rings. The maximum absolute atomic E-state index is 14.2. The van der Waals surface area contributed by atoms with Gasteiger partial charge in [0.25, 0.3) is 5.54 Å². The lowest BCUT2D eigenvalue weighted by molar-refractivity contribution is -0.210. The zero-order chi connectivity index (χ0) is 23.2. The van der Waals surface area contributed by atoms with E-state index >= 15 is 0 Å². The standard InChI is InChI=1S/C21H22F3NO5S/c1-14-9-11-17(12-10-14)31(28)15(2)20(18(26)29-3,21(22,23)24)25-19(27)30-13-16-7-5-4-6-8-16/h4-12,15H,13H2,1-3H3,(H,25,27)/t15-,20+,31-/m1/s1. The van der Waals surface area contributed by atoms with Gasteiger partial charge in [0.1, 0.15) is 6.61 Å². The summed E-state index contributed by atoms with van der Waals surface area (Å²) in [6, 6.07) is 14.2. The van der Waals surface area contributed by atoms with Crippen molar-refractivity contribution in [2.75, 3.05) is 7.11 Å². The molecule has 1 amide bonds. The fourth-order valence-electron chi connectivity index (χ4n) is 2.85. The molecular formula is C21H22F3NO5S. The van der Waals surface area contributed by atoms with Crippen molar-refractivity contribution in [3.05, 3.63) is 65.7 Å². The number of methoxy groups -OCH3 is 1. The average Bonchev–Trinajstić information content (AvgIpc) is 2.75. The highest BCUT2D eigenvalue weighted by molar-refractivity contribution is 7.85. The van der Waals surface area contributed by atoms with Crippen LogP contribution in [0.15, 0.2) is 59.5 Å². The monoisotopic (exact) mass is 457 g/mol. The van der Waals surface area contributed by atoms with Gasteiger partial charge in [-0.3, -0.25) is 9.53 Å². The SMILES string of the molecule is COC(=O)[C@@](NC(=O)OCc1ccccc1)([C@@H](C)[S@@](=O)c1ccc(C)cc1)C(F)(F)F. The van der Waals surface area contributed by atoms with Gasteiger partial charge in [-0.25, -0.2) is 9.59 Å². The van der Waals surface area contributed by atoms with Gasteiger partial charge in [0.05, 0.1) is 23.2 Å². The van der Waals surface area contributed by atoms with Crippen LogP contribution in [0.3, 0.4) is 0 Å². The Morgan fingerprint density at radius 2 is 1.65 bits per heavy atom. The summed E-state index contributed by atoms with van der Waals surface area (Å²) >= 11 is 0. The van der Waals surface area contributed by atoms with Crippen LogP contribution in [0.2, 0.25) is 0 Å². The van der Waals surface area contributed by atoms with Gasteiger partial charge in [0.15, 0.2) is 0 Å². The molecule has 0 aromatic heterocycles. The minimum atomic E-state index is -5.33. The van der Waals surface area contributed by atoms with E-state index in [4.69, 9.17) is 4.74 Å². The largest absolute Gasteiger partial charge is 0.467 e. The first-order valence-electron chi connectivity index (χ1n) is 9.14. The van der Waals surface area contributed by atoms with Crippen molar-refractivity contribution in [2.45, 2.75) is 42.3 Å². The zero-order valence-electron chi connectivity index (χ0n) is 17.1. The fourth-order valence-corrected chi connectivity index (χ4v) is 4.28. The quantitative estimate of drug-likeness (QED) is 0.638. The highest BCUT2D eigenvalue weighted by atomic mass is 32.2. The summed E-state index contributed by atoms with van der Waals surface area (Å²) in [5, 5.41) is -0.325. The second-order valence-corrected chi connectivity index (χ2v) is 8.51. The summed E-state index contributed by atoms with van der Waals surface area (Å²) in [4.78, 5) is 24.7. The Morgan fingerprint density at radius 3 is 2.16 bits per heavy atom. The van der Waals surface area contributed by atoms with Gasteiger partial charge in [-0.15, -0.1) is 0 Å². The molecule has 0 fully saturated rings. The minimum Gasteiger partial charge on any atom is -0.467 e. The molecule has 6 nitrogen and oxygen atoms in total. The third-order valence-corrected chi connectivity index (χ3v) is 6.38. The lowest BCUT2D eigenvalue weighted by Gasteiger charge is -2.37. The second kappa shape index (κ2) is 9.95. The fraction of sp³-hybridized carbons (Fsp3) is 0.333. The summed E-state index contributed by atoms with van der Waals surface area (Å²) < 4.78 is 64.8. The van der Waals surface area contributed by atoms with Crippen LogP contribution in [-0.4, -0.2) is 40.3 Å². The number of carbonyl (C=O) groups is 2. The topological polar surface area (TPSA) is 81.7 Å². The van der Waals surface area contributed by atoms with Crippen molar-refractivity contribution in [3.8, 4) is 0 Å². The van der Waals surface area contributed by atoms with E-state index in [1.807, 2.05) is 0 Å².